The molecule has 4 nitrogen and oxygen atoms in total. The molecule has 0 saturated heterocycles. The summed E-state index contributed by atoms with van der Waals surface area (Å²) in [6, 6.07) is 0. The molecule has 1 aromatic heterocycles. The number of H-pyrrole nitrogens is 1. The maximum Gasteiger partial charge on any atom is 0.220 e. The van der Waals surface area contributed by atoms with Crippen molar-refractivity contribution in [1.82, 2.24) is 14.8 Å². The molecule has 0 radical (unpaired) electrons. The SMILES string of the molecule is CC(C)C(C)Cn1c(N)n[nH]c1=S. The second-order valence-corrected chi connectivity index (χ2v) is 4.11. The Hall–Kier alpha value is -0.840. The van der Waals surface area contributed by atoms with Crippen LogP contribution in [-0.2, 0) is 6.54 Å². The van der Waals surface area contributed by atoms with Gasteiger partial charge in [0.05, 0.1) is 0 Å². The van der Waals surface area contributed by atoms with Crippen LogP contribution in [0.5, 0.6) is 0 Å². The van der Waals surface area contributed by atoms with Crippen LogP contribution >= 0.6 is 12.2 Å². The molecular weight excluding hydrogens is 184 g/mol. The molecular formula is C8H16N4S. The van der Waals surface area contributed by atoms with Crippen LogP contribution in [0.3, 0.4) is 0 Å². The largest absolute Gasteiger partial charge is 0.368 e. The summed E-state index contributed by atoms with van der Waals surface area (Å²) in [5, 5.41) is 6.52. The molecule has 0 aliphatic carbocycles. The van der Waals surface area contributed by atoms with Crippen LogP contribution in [0.15, 0.2) is 0 Å². The number of rotatable bonds is 3. The number of aromatic amines is 1. The van der Waals surface area contributed by atoms with E-state index in [0.29, 0.717) is 22.6 Å². The number of nitrogen functional groups attached to an aromatic ring is 1. The molecule has 3 N–H and O–H groups in total. The highest BCUT2D eigenvalue weighted by molar-refractivity contribution is 7.71. The second-order valence-electron chi connectivity index (χ2n) is 3.72. The third-order valence-electron chi connectivity index (χ3n) is 2.40. The van der Waals surface area contributed by atoms with Gasteiger partial charge in [0.15, 0.2) is 4.77 Å². The van der Waals surface area contributed by atoms with Gasteiger partial charge in [0, 0.05) is 6.54 Å². The van der Waals surface area contributed by atoms with Gasteiger partial charge in [-0.25, -0.2) is 5.10 Å². The van der Waals surface area contributed by atoms with E-state index in [-0.39, 0.29) is 0 Å². The van der Waals surface area contributed by atoms with E-state index in [2.05, 4.69) is 31.0 Å². The molecule has 0 fully saturated rings. The van der Waals surface area contributed by atoms with Crippen LogP contribution in [-0.4, -0.2) is 14.8 Å². The summed E-state index contributed by atoms with van der Waals surface area (Å²) in [5.74, 6) is 1.64. The summed E-state index contributed by atoms with van der Waals surface area (Å²) < 4.78 is 2.44. The molecule has 1 rings (SSSR count). The maximum atomic E-state index is 5.64. The van der Waals surface area contributed by atoms with E-state index < -0.39 is 0 Å². The zero-order chi connectivity index (χ0) is 10.0. The first-order valence-electron chi connectivity index (χ1n) is 4.43. The van der Waals surface area contributed by atoms with E-state index >= 15 is 0 Å². The maximum absolute atomic E-state index is 5.64. The predicted octanol–water partition coefficient (Wildman–Crippen LogP) is 1.81. The van der Waals surface area contributed by atoms with Gasteiger partial charge >= 0.3 is 0 Å². The fraction of sp³-hybridized carbons (Fsp3) is 0.750. The van der Waals surface area contributed by atoms with Gasteiger partial charge in [-0.05, 0) is 24.1 Å². The number of nitrogens with two attached hydrogens (primary N) is 1. The number of aromatic nitrogens is 3. The first kappa shape index (κ1) is 10.2. The molecule has 0 saturated carbocycles. The van der Waals surface area contributed by atoms with Gasteiger partial charge in [-0.2, -0.15) is 0 Å². The van der Waals surface area contributed by atoms with Crippen molar-refractivity contribution in [1.29, 1.82) is 0 Å². The number of nitrogens with zero attached hydrogens (tertiary/aromatic N) is 2. The lowest BCUT2D eigenvalue weighted by atomic mass is 9.98. The van der Waals surface area contributed by atoms with Crippen molar-refractivity contribution < 1.29 is 0 Å². The van der Waals surface area contributed by atoms with Gasteiger partial charge in [0.2, 0.25) is 5.95 Å². The van der Waals surface area contributed by atoms with E-state index in [1.54, 1.807) is 0 Å². The predicted molar refractivity (Wildman–Crippen MR) is 55.8 cm³/mol. The Balaban J connectivity index is 2.79. The highest BCUT2D eigenvalue weighted by Crippen LogP contribution is 2.13. The summed E-state index contributed by atoms with van der Waals surface area (Å²) in [6.45, 7) is 7.38. The van der Waals surface area contributed by atoms with Gasteiger partial charge in [-0.3, -0.25) is 4.57 Å². The van der Waals surface area contributed by atoms with Crippen LogP contribution in [0, 0.1) is 16.6 Å². The van der Waals surface area contributed by atoms with Crippen LogP contribution < -0.4 is 5.73 Å². The van der Waals surface area contributed by atoms with Gasteiger partial charge in [0.1, 0.15) is 0 Å². The quantitative estimate of drug-likeness (QED) is 0.732. The van der Waals surface area contributed by atoms with E-state index in [9.17, 15) is 0 Å². The zero-order valence-corrected chi connectivity index (χ0v) is 9.06. The lowest BCUT2D eigenvalue weighted by Crippen LogP contribution is -2.14. The molecule has 0 amide bonds. The van der Waals surface area contributed by atoms with Gasteiger partial charge < -0.3 is 5.73 Å². The van der Waals surface area contributed by atoms with E-state index in [1.165, 1.54) is 0 Å². The molecule has 13 heavy (non-hydrogen) atoms. The molecule has 0 aliphatic heterocycles. The van der Waals surface area contributed by atoms with Crippen molar-refractivity contribution >= 4 is 18.2 Å². The van der Waals surface area contributed by atoms with Crippen molar-refractivity contribution in [2.24, 2.45) is 11.8 Å². The normalized spacial score (nSPS) is 13.5. The smallest absolute Gasteiger partial charge is 0.220 e. The third kappa shape index (κ3) is 2.30. The molecule has 0 aromatic carbocycles. The van der Waals surface area contributed by atoms with Gasteiger partial charge in [-0.1, -0.05) is 20.8 Å². The number of hydrogen-bond acceptors (Lipinski definition) is 3. The highest BCUT2D eigenvalue weighted by atomic mass is 32.1. The molecule has 1 unspecified atom stereocenters. The number of nitrogens with one attached hydrogen (secondary N) is 1. The minimum atomic E-state index is 0.470. The Kier molecular flexibility index (Phi) is 3.08. The monoisotopic (exact) mass is 200 g/mol. The minimum Gasteiger partial charge on any atom is -0.368 e. The van der Waals surface area contributed by atoms with Crippen molar-refractivity contribution in [3.05, 3.63) is 4.77 Å². The Morgan fingerprint density at radius 2 is 2.15 bits per heavy atom. The lowest BCUT2D eigenvalue weighted by Gasteiger charge is -2.15. The number of hydrogen-bond donors (Lipinski definition) is 2. The summed E-state index contributed by atoms with van der Waals surface area (Å²) >= 11 is 5.04. The van der Waals surface area contributed by atoms with Crippen molar-refractivity contribution in [3.63, 3.8) is 0 Å². The number of anilines is 1. The Morgan fingerprint density at radius 3 is 2.54 bits per heavy atom. The molecule has 1 atom stereocenters. The second kappa shape index (κ2) is 3.91. The summed E-state index contributed by atoms with van der Waals surface area (Å²) in [4.78, 5) is 0. The third-order valence-corrected chi connectivity index (χ3v) is 2.71. The van der Waals surface area contributed by atoms with Crippen molar-refractivity contribution in [2.45, 2.75) is 27.3 Å². The molecule has 0 spiro atoms. The van der Waals surface area contributed by atoms with E-state index in [1.807, 2.05) is 4.57 Å². The van der Waals surface area contributed by atoms with Gasteiger partial charge in [-0.15, -0.1) is 5.10 Å². The minimum absolute atomic E-state index is 0.470. The molecule has 5 heteroatoms. The molecule has 0 bridgehead atoms. The highest BCUT2D eigenvalue weighted by Gasteiger charge is 2.10. The van der Waals surface area contributed by atoms with Crippen LogP contribution in [0.2, 0.25) is 0 Å². The zero-order valence-electron chi connectivity index (χ0n) is 8.24. The fourth-order valence-corrected chi connectivity index (χ4v) is 1.22. The topological polar surface area (TPSA) is 59.6 Å². The average molecular weight is 200 g/mol. The standard InChI is InChI=1S/C8H16N4S/c1-5(2)6(3)4-12-7(9)10-11-8(12)13/h5-6H,4H2,1-3H3,(H2,9,10)(H,11,13). The Morgan fingerprint density at radius 1 is 1.54 bits per heavy atom. The fourth-order valence-electron chi connectivity index (χ4n) is 1.01. The van der Waals surface area contributed by atoms with E-state index in [0.717, 1.165) is 6.54 Å². The first-order valence-corrected chi connectivity index (χ1v) is 4.84. The van der Waals surface area contributed by atoms with Crippen LogP contribution in [0.4, 0.5) is 5.95 Å². The first-order chi connectivity index (χ1) is 6.02. The molecule has 0 aliphatic rings. The van der Waals surface area contributed by atoms with Gasteiger partial charge in [0.25, 0.3) is 0 Å². The summed E-state index contributed by atoms with van der Waals surface area (Å²) in [6.07, 6.45) is 0. The van der Waals surface area contributed by atoms with E-state index in [4.69, 9.17) is 18.0 Å². The Bertz CT molecular complexity index is 325. The van der Waals surface area contributed by atoms with Crippen LogP contribution in [0.25, 0.3) is 0 Å². The Labute approximate surface area is 83.1 Å². The summed E-state index contributed by atoms with van der Waals surface area (Å²) in [7, 11) is 0. The summed E-state index contributed by atoms with van der Waals surface area (Å²) in [5.41, 5.74) is 5.64. The lowest BCUT2D eigenvalue weighted by molar-refractivity contribution is 0.365. The van der Waals surface area contributed by atoms with Crippen LogP contribution in [0.1, 0.15) is 20.8 Å². The average Bonchev–Trinajstić information content (AvgIpc) is 2.35. The van der Waals surface area contributed by atoms with Crippen molar-refractivity contribution in [2.75, 3.05) is 5.73 Å². The molecule has 74 valence electrons. The van der Waals surface area contributed by atoms with Crippen molar-refractivity contribution in [3.8, 4) is 0 Å². The molecule has 1 heterocycles. The molecule has 1 aromatic rings.